The Balaban J connectivity index is 2.67. The number of carbonyl (C=O) groups is 1. The van der Waals surface area contributed by atoms with Gasteiger partial charge in [-0.1, -0.05) is 0 Å². The molecule has 0 bridgehead atoms. The molecule has 78 valence electrons. The van der Waals surface area contributed by atoms with Crippen LogP contribution >= 0.6 is 0 Å². The largest absolute Gasteiger partial charge is 0.365 e. The van der Waals surface area contributed by atoms with Crippen molar-refractivity contribution in [1.82, 2.24) is 4.90 Å². The molecule has 1 amide bonds. The first-order chi connectivity index (χ1) is 6.64. The van der Waals surface area contributed by atoms with E-state index in [2.05, 4.69) is 0 Å². The molecule has 1 rings (SSSR count). The third-order valence-electron chi connectivity index (χ3n) is 2.60. The SMILES string of the molecule is CCN(CC#N)C(=O)C1(C)CCCO1. The van der Waals surface area contributed by atoms with Gasteiger partial charge >= 0.3 is 0 Å². The molecule has 0 aliphatic carbocycles. The van der Waals surface area contributed by atoms with Gasteiger partial charge in [0.15, 0.2) is 0 Å². The number of hydrogen-bond donors (Lipinski definition) is 0. The fraction of sp³-hybridized carbons (Fsp3) is 0.800. The Kier molecular flexibility index (Phi) is 3.48. The van der Waals surface area contributed by atoms with Crippen molar-refractivity contribution in [3.63, 3.8) is 0 Å². The van der Waals surface area contributed by atoms with Crippen LogP contribution in [0.3, 0.4) is 0 Å². The predicted octanol–water partition coefficient (Wildman–Crippen LogP) is 0.928. The lowest BCUT2D eigenvalue weighted by atomic mass is 10.0. The van der Waals surface area contributed by atoms with Gasteiger partial charge in [0.25, 0.3) is 5.91 Å². The van der Waals surface area contributed by atoms with Crippen molar-refractivity contribution in [2.24, 2.45) is 0 Å². The Morgan fingerprint density at radius 1 is 1.71 bits per heavy atom. The fourth-order valence-corrected chi connectivity index (χ4v) is 1.69. The number of nitriles is 1. The van der Waals surface area contributed by atoms with Gasteiger partial charge in [-0.15, -0.1) is 0 Å². The lowest BCUT2D eigenvalue weighted by molar-refractivity contribution is -0.150. The van der Waals surface area contributed by atoms with E-state index in [1.165, 1.54) is 4.90 Å². The van der Waals surface area contributed by atoms with Crippen LogP contribution in [0.4, 0.5) is 0 Å². The van der Waals surface area contributed by atoms with Gasteiger partial charge in [-0.3, -0.25) is 4.79 Å². The van der Waals surface area contributed by atoms with Gasteiger partial charge in [0, 0.05) is 13.2 Å². The molecule has 0 radical (unpaired) electrons. The molecule has 0 N–H and O–H groups in total. The number of carbonyl (C=O) groups excluding carboxylic acids is 1. The molecule has 4 nitrogen and oxygen atoms in total. The second-order valence-corrected chi connectivity index (χ2v) is 3.66. The lowest BCUT2D eigenvalue weighted by Crippen LogP contribution is -2.46. The zero-order valence-corrected chi connectivity index (χ0v) is 8.75. The van der Waals surface area contributed by atoms with Crippen LogP contribution in [0.1, 0.15) is 26.7 Å². The van der Waals surface area contributed by atoms with Crippen LogP contribution in [0.25, 0.3) is 0 Å². The molecule has 1 unspecified atom stereocenters. The van der Waals surface area contributed by atoms with Gasteiger partial charge in [0.1, 0.15) is 12.1 Å². The number of amides is 1. The second kappa shape index (κ2) is 4.43. The smallest absolute Gasteiger partial charge is 0.255 e. The van der Waals surface area contributed by atoms with Crippen LogP contribution in [-0.4, -0.2) is 36.1 Å². The summed E-state index contributed by atoms with van der Waals surface area (Å²) in [4.78, 5) is 13.5. The minimum absolute atomic E-state index is 0.0564. The van der Waals surface area contributed by atoms with Crippen molar-refractivity contribution in [3.8, 4) is 6.07 Å². The summed E-state index contributed by atoms with van der Waals surface area (Å²) in [5.74, 6) is -0.0564. The lowest BCUT2D eigenvalue weighted by Gasteiger charge is -2.28. The molecule has 0 aromatic rings. The molecule has 1 aliphatic heterocycles. The molecule has 14 heavy (non-hydrogen) atoms. The fourth-order valence-electron chi connectivity index (χ4n) is 1.69. The quantitative estimate of drug-likeness (QED) is 0.631. The minimum Gasteiger partial charge on any atom is -0.365 e. The van der Waals surface area contributed by atoms with Gasteiger partial charge < -0.3 is 9.64 Å². The summed E-state index contributed by atoms with van der Waals surface area (Å²) >= 11 is 0. The summed E-state index contributed by atoms with van der Waals surface area (Å²) in [7, 11) is 0. The van der Waals surface area contributed by atoms with E-state index in [0.29, 0.717) is 13.2 Å². The molecule has 0 aromatic heterocycles. The molecule has 0 spiro atoms. The topological polar surface area (TPSA) is 53.3 Å². The average Bonchev–Trinajstić information content (AvgIpc) is 2.62. The normalized spacial score (nSPS) is 25.8. The molecule has 1 atom stereocenters. The third kappa shape index (κ3) is 2.05. The summed E-state index contributed by atoms with van der Waals surface area (Å²) in [6.45, 7) is 5.03. The van der Waals surface area contributed by atoms with Gasteiger partial charge in [0.2, 0.25) is 0 Å². The maximum atomic E-state index is 11.9. The highest BCUT2D eigenvalue weighted by molar-refractivity contribution is 5.85. The van der Waals surface area contributed by atoms with Crippen molar-refractivity contribution in [2.75, 3.05) is 19.7 Å². The van der Waals surface area contributed by atoms with E-state index in [9.17, 15) is 4.79 Å². The molecule has 0 saturated carbocycles. The highest BCUT2D eigenvalue weighted by Gasteiger charge is 2.40. The van der Waals surface area contributed by atoms with E-state index in [1.54, 1.807) is 0 Å². The van der Waals surface area contributed by atoms with Crippen molar-refractivity contribution in [3.05, 3.63) is 0 Å². The van der Waals surface area contributed by atoms with Crippen LogP contribution in [0.2, 0.25) is 0 Å². The minimum atomic E-state index is -0.688. The Morgan fingerprint density at radius 3 is 2.86 bits per heavy atom. The number of likely N-dealkylation sites (N-methyl/N-ethyl adjacent to an activating group) is 1. The molecule has 1 heterocycles. The highest BCUT2D eigenvalue weighted by Crippen LogP contribution is 2.26. The van der Waals surface area contributed by atoms with Gasteiger partial charge in [0.05, 0.1) is 6.07 Å². The summed E-state index contributed by atoms with van der Waals surface area (Å²) in [6.07, 6.45) is 1.68. The Morgan fingerprint density at radius 2 is 2.43 bits per heavy atom. The predicted molar refractivity (Wildman–Crippen MR) is 51.5 cm³/mol. The first-order valence-electron chi connectivity index (χ1n) is 4.94. The summed E-state index contributed by atoms with van der Waals surface area (Å²) in [5, 5.41) is 8.56. The summed E-state index contributed by atoms with van der Waals surface area (Å²) < 4.78 is 5.43. The van der Waals surface area contributed by atoms with E-state index in [1.807, 2.05) is 19.9 Å². The zero-order chi connectivity index (χ0) is 10.6. The maximum absolute atomic E-state index is 11.9. The first kappa shape index (κ1) is 11.0. The standard InChI is InChI=1S/C10H16N2O2/c1-3-12(7-6-11)9(13)10(2)5-4-8-14-10/h3-5,7-8H2,1-2H3. The van der Waals surface area contributed by atoms with E-state index in [4.69, 9.17) is 10.00 Å². The Hall–Kier alpha value is -1.08. The number of ether oxygens (including phenoxy) is 1. The van der Waals surface area contributed by atoms with E-state index in [0.717, 1.165) is 12.8 Å². The van der Waals surface area contributed by atoms with Gasteiger partial charge in [-0.2, -0.15) is 5.26 Å². The van der Waals surface area contributed by atoms with E-state index < -0.39 is 5.60 Å². The number of rotatable bonds is 3. The van der Waals surface area contributed by atoms with Crippen LogP contribution in [0, 0.1) is 11.3 Å². The van der Waals surface area contributed by atoms with Crippen molar-refractivity contribution in [2.45, 2.75) is 32.3 Å². The third-order valence-corrected chi connectivity index (χ3v) is 2.60. The highest BCUT2D eigenvalue weighted by atomic mass is 16.5. The maximum Gasteiger partial charge on any atom is 0.255 e. The molecule has 0 aromatic carbocycles. The molecule has 1 aliphatic rings. The molecule has 1 saturated heterocycles. The van der Waals surface area contributed by atoms with Crippen molar-refractivity contribution in [1.29, 1.82) is 5.26 Å². The van der Waals surface area contributed by atoms with Gasteiger partial charge in [-0.25, -0.2) is 0 Å². The van der Waals surface area contributed by atoms with E-state index in [-0.39, 0.29) is 12.5 Å². The Bertz CT molecular complexity index is 251. The van der Waals surface area contributed by atoms with Crippen LogP contribution in [0.15, 0.2) is 0 Å². The Labute approximate surface area is 84.4 Å². The number of nitrogens with zero attached hydrogens (tertiary/aromatic N) is 2. The second-order valence-electron chi connectivity index (χ2n) is 3.66. The van der Waals surface area contributed by atoms with Crippen molar-refractivity contribution >= 4 is 5.91 Å². The summed E-state index contributed by atoms with van der Waals surface area (Å²) in [5.41, 5.74) is -0.688. The zero-order valence-electron chi connectivity index (χ0n) is 8.75. The summed E-state index contributed by atoms with van der Waals surface area (Å²) in [6, 6.07) is 1.99. The molecule has 1 fully saturated rings. The monoisotopic (exact) mass is 196 g/mol. The van der Waals surface area contributed by atoms with Crippen LogP contribution in [0.5, 0.6) is 0 Å². The van der Waals surface area contributed by atoms with E-state index >= 15 is 0 Å². The van der Waals surface area contributed by atoms with Crippen molar-refractivity contribution < 1.29 is 9.53 Å². The van der Waals surface area contributed by atoms with Gasteiger partial charge in [-0.05, 0) is 26.7 Å². The molecular weight excluding hydrogens is 180 g/mol. The first-order valence-corrected chi connectivity index (χ1v) is 4.94. The average molecular weight is 196 g/mol. The van der Waals surface area contributed by atoms with Crippen LogP contribution < -0.4 is 0 Å². The van der Waals surface area contributed by atoms with Crippen LogP contribution in [-0.2, 0) is 9.53 Å². The molecular formula is C10H16N2O2. The number of hydrogen-bond acceptors (Lipinski definition) is 3. The molecule has 4 heteroatoms.